The molecule has 5 heteroatoms. The molecule has 0 saturated carbocycles. The number of unbranched alkanes of at least 4 members (excludes halogenated alkanes) is 2. The van der Waals surface area contributed by atoms with Crippen LogP contribution in [0.25, 0.3) is 0 Å². The van der Waals surface area contributed by atoms with Crippen LogP contribution in [0.5, 0.6) is 0 Å². The summed E-state index contributed by atoms with van der Waals surface area (Å²) in [5.74, 6) is 0.297. The molecular weight excluding hydrogens is 241 g/mol. The Balaban J connectivity index is 2.09. The van der Waals surface area contributed by atoms with Crippen LogP contribution in [0.15, 0.2) is 29.2 Å². The minimum atomic E-state index is -0.355. The van der Waals surface area contributed by atoms with E-state index in [-0.39, 0.29) is 11.7 Å². The summed E-state index contributed by atoms with van der Waals surface area (Å²) in [6.45, 7) is 0. The van der Waals surface area contributed by atoms with Gasteiger partial charge in [-0.25, -0.2) is 9.87 Å². The van der Waals surface area contributed by atoms with Gasteiger partial charge in [-0.1, -0.05) is 18.6 Å². The molecule has 0 unspecified atom stereocenters. The molecule has 17 heavy (non-hydrogen) atoms. The van der Waals surface area contributed by atoms with Crippen LogP contribution in [0.2, 0.25) is 0 Å². The first-order valence-corrected chi connectivity index (χ1v) is 6.53. The molecule has 0 atom stereocenters. The molecule has 1 aromatic rings. The van der Waals surface area contributed by atoms with Gasteiger partial charge in [0, 0.05) is 11.3 Å². The van der Waals surface area contributed by atoms with E-state index in [9.17, 15) is 9.18 Å². The first-order chi connectivity index (χ1) is 8.24. The van der Waals surface area contributed by atoms with E-state index >= 15 is 0 Å². The molecule has 1 amide bonds. The predicted molar refractivity (Wildman–Crippen MR) is 65.5 cm³/mol. The third kappa shape index (κ3) is 5.70. The molecule has 2 N–H and O–H groups in total. The Hall–Kier alpha value is -1.07. The standard InChI is InChI=1S/C12H16FNO2S/c13-10-6-3-4-7-11(10)17-9-5-1-2-8-12(15)14-16/h3-4,6-7,16H,1-2,5,8-9H2,(H,14,15). The van der Waals surface area contributed by atoms with E-state index in [0.717, 1.165) is 25.0 Å². The molecule has 0 aliphatic heterocycles. The van der Waals surface area contributed by atoms with E-state index in [0.29, 0.717) is 11.3 Å². The van der Waals surface area contributed by atoms with Gasteiger partial charge in [0.25, 0.3) is 0 Å². The summed E-state index contributed by atoms with van der Waals surface area (Å²) in [6.07, 6.45) is 2.90. The Kier molecular flexibility index (Phi) is 6.65. The normalized spacial score (nSPS) is 10.2. The van der Waals surface area contributed by atoms with E-state index in [2.05, 4.69) is 0 Å². The van der Waals surface area contributed by atoms with Crippen molar-refractivity contribution in [3.8, 4) is 0 Å². The highest BCUT2D eigenvalue weighted by atomic mass is 32.2. The van der Waals surface area contributed by atoms with Gasteiger partial charge in [-0.2, -0.15) is 0 Å². The first kappa shape index (κ1) is 14.0. The molecule has 0 saturated heterocycles. The summed E-state index contributed by atoms with van der Waals surface area (Å²) < 4.78 is 13.2. The van der Waals surface area contributed by atoms with Crippen LogP contribution in [0.1, 0.15) is 25.7 Å². The van der Waals surface area contributed by atoms with E-state index in [1.165, 1.54) is 17.8 Å². The van der Waals surface area contributed by atoms with E-state index < -0.39 is 0 Å². The van der Waals surface area contributed by atoms with Crippen molar-refractivity contribution < 1.29 is 14.4 Å². The fourth-order valence-electron chi connectivity index (χ4n) is 1.36. The topological polar surface area (TPSA) is 49.3 Å². The minimum absolute atomic E-state index is 0.183. The summed E-state index contributed by atoms with van der Waals surface area (Å²) >= 11 is 1.49. The van der Waals surface area contributed by atoms with Gasteiger partial charge < -0.3 is 0 Å². The zero-order chi connectivity index (χ0) is 12.5. The molecule has 0 heterocycles. The molecule has 0 radical (unpaired) electrons. The van der Waals surface area contributed by atoms with Gasteiger partial charge in [-0.05, 0) is 30.7 Å². The van der Waals surface area contributed by atoms with Crippen LogP contribution in [0, 0.1) is 5.82 Å². The van der Waals surface area contributed by atoms with Crippen LogP contribution in [0.3, 0.4) is 0 Å². The lowest BCUT2D eigenvalue weighted by Gasteiger charge is -2.02. The van der Waals surface area contributed by atoms with E-state index in [1.807, 2.05) is 6.07 Å². The summed E-state index contributed by atoms with van der Waals surface area (Å²) in [5.41, 5.74) is 1.60. The number of benzene rings is 1. The maximum absolute atomic E-state index is 13.2. The number of nitrogens with one attached hydrogen (secondary N) is 1. The second-order valence-corrected chi connectivity index (χ2v) is 4.76. The molecule has 1 rings (SSSR count). The van der Waals surface area contributed by atoms with Crippen molar-refractivity contribution in [1.29, 1.82) is 0 Å². The number of halogens is 1. The maximum Gasteiger partial charge on any atom is 0.243 e. The van der Waals surface area contributed by atoms with Crippen LogP contribution >= 0.6 is 11.8 Å². The number of hydroxylamine groups is 1. The number of amides is 1. The lowest BCUT2D eigenvalue weighted by molar-refractivity contribution is -0.129. The zero-order valence-electron chi connectivity index (χ0n) is 9.49. The van der Waals surface area contributed by atoms with Gasteiger partial charge in [0.05, 0.1) is 0 Å². The van der Waals surface area contributed by atoms with Crippen molar-refractivity contribution in [3.63, 3.8) is 0 Å². The van der Waals surface area contributed by atoms with E-state index in [1.54, 1.807) is 17.6 Å². The Morgan fingerprint density at radius 1 is 1.29 bits per heavy atom. The van der Waals surface area contributed by atoms with Gasteiger partial charge in [-0.3, -0.25) is 10.0 Å². The zero-order valence-corrected chi connectivity index (χ0v) is 10.3. The van der Waals surface area contributed by atoms with Crippen LogP contribution in [-0.2, 0) is 4.79 Å². The lowest BCUT2D eigenvalue weighted by atomic mass is 10.2. The van der Waals surface area contributed by atoms with Gasteiger partial charge in [0.1, 0.15) is 5.82 Å². The maximum atomic E-state index is 13.2. The quantitative estimate of drug-likeness (QED) is 0.342. The molecule has 0 spiro atoms. The molecule has 0 aliphatic carbocycles. The Morgan fingerprint density at radius 2 is 2.06 bits per heavy atom. The van der Waals surface area contributed by atoms with Crippen molar-refractivity contribution in [2.45, 2.75) is 30.6 Å². The average molecular weight is 257 g/mol. The summed E-state index contributed by atoms with van der Waals surface area (Å²) in [5, 5.41) is 8.27. The molecule has 1 aromatic carbocycles. The number of carbonyl (C=O) groups is 1. The molecular formula is C12H16FNO2S. The van der Waals surface area contributed by atoms with Gasteiger partial charge in [0.15, 0.2) is 0 Å². The minimum Gasteiger partial charge on any atom is -0.289 e. The highest BCUT2D eigenvalue weighted by molar-refractivity contribution is 7.99. The predicted octanol–water partition coefficient (Wildman–Crippen LogP) is 2.98. The second kappa shape index (κ2) is 8.08. The lowest BCUT2D eigenvalue weighted by Crippen LogP contribution is -2.17. The number of rotatable bonds is 7. The molecule has 94 valence electrons. The molecule has 0 aromatic heterocycles. The second-order valence-electron chi connectivity index (χ2n) is 3.62. The van der Waals surface area contributed by atoms with Crippen LogP contribution in [-0.4, -0.2) is 16.9 Å². The summed E-state index contributed by atoms with van der Waals surface area (Å²) in [4.78, 5) is 11.4. The van der Waals surface area contributed by atoms with Crippen molar-refractivity contribution in [2.24, 2.45) is 0 Å². The first-order valence-electron chi connectivity index (χ1n) is 5.54. The number of carbonyl (C=O) groups excluding carboxylic acids is 1. The van der Waals surface area contributed by atoms with Crippen LogP contribution < -0.4 is 5.48 Å². The molecule has 0 aliphatic rings. The third-order valence-electron chi connectivity index (χ3n) is 2.27. The Bertz CT molecular complexity index is 360. The van der Waals surface area contributed by atoms with E-state index in [4.69, 9.17) is 5.21 Å². The number of hydrogen-bond donors (Lipinski definition) is 2. The fourth-order valence-corrected chi connectivity index (χ4v) is 2.31. The SMILES string of the molecule is O=C(CCCCCSc1ccccc1F)NO. The Labute approximate surface area is 104 Å². The van der Waals surface area contributed by atoms with Gasteiger partial charge in [0.2, 0.25) is 5.91 Å². The highest BCUT2D eigenvalue weighted by Gasteiger charge is 2.01. The molecule has 0 bridgehead atoms. The largest absolute Gasteiger partial charge is 0.289 e. The van der Waals surface area contributed by atoms with Crippen molar-refractivity contribution in [2.75, 3.05) is 5.75 Å². The van der Waals surface area contributed by atoms with Crippen molar-refractivity contribution >= 4 is 17.7 Å². The monoisotopic (exact) mass is 257 g/mol. The summed E-state index contributed by atoms with van der Waals surface area (Å²) in [6, 6.07) is 6.71. The Morgan fingerprint density at radius 3 is 2.76 bits per heavy atom. The molecule has 0 fully saturated rings. The van der Waals surface area contributed by atoms with Crippen LogP contribution in [0.4, 0.5) is 4.39 Å². The van der Waals surface area contributed by atoms with Crippen molar-refractivity contribution in [1.82, 2.24) is 5.48 Å². The average Bonchev–Trinajstić information content (AvgIpc) is 2.35. The highest BCUT2D eigenvalue weighted by Crippen LogP contribution is 2.22. The third-order valence-corrected chi connectivity index (χ3v) is 3.40. The number of thioether (sulfide) groups is 1. The van der Waals surface area contributed by atoms with Crippen molar-refractivity contribution in [3.05, 3.63) is 30.1 Å². The number of hydrogen-bond acceptors (Lipinski definition) is 3. The van der Waals surface area contributed by atoms with Gasteiger partial charge >= 0.3 is 0 Å². The summed E-state index contributed by atoms with van der Waals surface area (Å²) in [7, 11) is 0. The smallest absolute Gasteiger partial charge is 0.243 e. The fraction of sp³-hybridized carbons (Fsp3) is 0.417. The molecule has 3 nitrogen and oxygen atoms in total. The van der Waals surface area contributed by atoms with Gasteiger partial charge in [-0.15, -0.1) is 11.8 Å².